The molecule has 0 bridgehead atoms. The lowest BCUT2D eigenvalue weighted by atomic mass is 9.43. The largest absolute Gasteiger partial charge is 0.393 e. The summed E-state index contributed by atoms with van der Waals surface area (Å²) in [5.41, 5.74) is 0.513. The van der Waals surface area contributed by atoms with E-state index in [1.54, 1.807) is 0 Å². The van der Waals surface area contributed by atoms with E-state index in [1.165, 1.54) is 32.7 Å². The summed E-state index contributed by atoms with van der Waals surface area (Å²) in [7, 11) is 1.41. The highest BCUT2D eigenvalue weighted by Gasteiger charge is 2.62. The number of fused-ring (bicyclic) bond motifs is 5. The second kappa shape index (κ2) is 8.04. The van der Waals surface area contributed by atoms with Gasteiger partial charge in [0, 0.05) is 13.5 Å². The van der Waals surface area contributed by atoms with Crippen LogP contribution in [0, 0.1) is 46.3 Å². The quantitative estimate of drug-likeness (QED) is 0.468. The Morgan fingerprint density at radius 1 is 1.03 bits per heavy atom. The molecule has 0 aromatic carbocycles. The maximum Gasteiger partial charge on any atom is 0.245 e. The molecule has 4 aliphatic rings. The molecular weight excluding hydrogens is 378 g/mol. The summed E-state index contributed by atoms with van der Waals surface area (Å²) in [5.74, 6) is 2.84. The third-order valence-electron chi connectivity index (χ3n) is 10.6. The highest BCUT2D eigenvalue weighted by molar-refractivity contribution is 5.74. The minimum atomic E-state index is -0.235. The number of carbonyl (C=O) groups excluding carboxylic acids is 1. The molecular formula is C25H43NO4. The normalized spacial score (nSPS) is 49.0. The number of hydrogen-bond acceptors (Lipinski definition) is 4. The van der Waals surface area contributed by atoms with Gasteiger partial charge in [0.25, 0.3) is 0 Å². The van der Waals surface area contributed by atoms with Crippen molar-refractivity contribution in [2.45, 2.75) is 97.2 Å². The monoisotopic (exact) mass is 421 g/mol. The van der Waals surface area contributed by atoms with Crippen LogP contribution in [0.25, 0.3) is 0 Å². The third kappa shape index (κ3) is 3.53. The van der Waals surface area contributed by atoms with Crippen LogP contribution in [0.1, 0.15) is 85.0 Å². The van der Waals surface area contributed by atoms with Crippen LogP contribution >= 0.6 is 0 Å². The fourth-order valence-electron chi connectivity index (χ4n) is 8.89. The average molecular weight is 422 g/mol. The Hall–Kier alpha value is -0.650. The van der Waals surface area contributed by atoms with Crippen molar-refractivity contribution in [2.75, 3.05) is 7.05 Å². The molecule has 5 heteroatoms. The molecule has 0 spiro atoms. The maximum absolute atomic E-state index is 11.9. The number of hydrogen-bond donors (Lipinski definition) is 3. The maximum atomic E-state index is 11.9. The molecule has 0 aromatic rings. The van der Waals surface area contributed by atoms with Gasteiger partial charge in [-0.2, -0.15) is 0 Å². The summed E-state index contributed by atoms with van der Waals surface area (Å²) in [6, 6.07) is 0. The van der Waals surface area contributed by atoms with Crippen molar-refractivity contribution in [3.05, 3.63) is 0 Å². The van der Waals surface area contributed by atoms with E-state index < -0.39 is 0 Å². The molecule has 3 N–H and O–H groups in total. The van der Waals surface area contributed by atoms with Crippen LogP contribution in [0.15, 0.2) is 0 Å². The predicted octanol–water partition coefficient (Wildman–Crippen LogP) is 4.24. The molecule has 1 amide bonds. The summed E-state index contributed by atoms with van der Waals surface area (Å²) >= 11 is 0. The van der Waals surface area contributed by atoms with Gasteiger partial charge in [0.1, 0.15) is 0 Å². The highest BCUT2D eigenvalue weighted by Crippen LogP contribution is 2.68. The fraction of sp³-hybridized carbons (Fsp3) is 0.960. The Labute approximate surface area is 182 Å². The first-order valence-corrected chi connectivity index (χ1v) is 12.4. The predicted molar refractivity (Wildman–Crippen MR) is 116 cm³/mol. The van der Waals surface area contributed by atoms with Crippen LogP contribution in [-0.2, 0) is 4.79 Å². The first kappa shape index (κ1) is 22.5. The van der Waals surface area contributed by atoms with Crippen LogP contribution in [0.3, 0.4) is 0 Å². The van der Waals surface area contributed by atoms with Gasteiger partial charge >= 0.3 is 0 Å². The molecule has 0 saturated heterocycles. The molecule has 4 fully saturated rings. The number of rotatable bonds is 4. The Morgan fingerprint density at radius 3 is 2.40 bits per heavy atom. The summed E-state index contributed by atoms with van der Waals surface area (Å²) in [6.45, 7) is 7.21. The van der Waals surface area contributed by atoms with Gasteiger partial charge in [-0.1, -0.05) is 20.8 Å². The minimum Gasteiger partial charge on any atom is -0.393 e. The minimum absolute atomic E-state index is 0.182. The molecule has 0 aromatic heterocycles. The van der Waals surface area contributed by atoms with Gasteiger partial charge in [-0.3, -0.25) is 10.0 Å². The van der Waals surface area contributed by atoms with Gasteiger partial charge < -0.3 is 10.2 Å². The van der Waals surface area contributed by atoms with E-state index in [9.17, 15) is 20.2 Å². The number of nitrogens with zero attached hydrogens (tertiary/aromatic N) is 1. The van der Waals surface area contributed by atoms with Crippen molar-refractivity contribution >= 4 is 5.91 Å². The second-order valence-electron chi connectivity index (χ2n) is 11.9. The van der Waals surface area contributed by atoms with Crippen molar-refractivity contribution in [1.82, 2.24) is 5.06 Å². The van der Waals surface area contributed by atoms with E-state index >= 15 is 0 Å². The molecule has 0 aliphatic heterocycles. The fourth-order valence-corrected chi connectivity index (χ4v) is 8.89. The smallest absolute Gasteiger partial charge is 0.245 e. The first-order chi connectivity index (χ1) is 14.1. The van der Waals surface area contributed by atoms with Gasteiger partial charge in [-0.25, -0.2) is 5.06 Å². The van der Waals surface area contributed by atoms with E-state index in [4.69, 9.17) is 0 Å². The molecule has 10 atom stereocenters. The number of amides is 1. The van der Waals surface area contributed by atoms with E-state index in [2.05, 4.69) is 20.8 Å². The standard InChI is InChI=1S/C25H43NO4/c1-15(5-8-22(29)26(4)30)18-6-7-19-23-20(10-12-25(18,19)3)24(2)11-9-17(27)13-16(24)14-21(23)28/h15-21,23,27-28,30H,5-14H2,1-4H3/t15-,16?,17-,18?,19+,20+,21-,23?,24?,25?/m1/s1. The van der Waals surface area contributed by atoms with E-state index in [1.807, 2.05) is 0 Å². The average Bonchev–Trinajstić information content (AvgIpc) is 3.04. The van der Waals surface area contributed by atoms with E-state index in [0.29, 0.717) is 47.0 Å². The molecule has 0 heterocycles. The van der Waals surface area contributed by atoms with Crippen LogP contribution in [0.5, 0.6) is 0 Å². The lowest BCUT2D eigenvalue weighted by molar-refractivity contribution is -0.174. The molecule has 0 radical (unpaired) electrons. The lowest BCUT2D eigenvalue weighted by Crippen LogP contribution is -2.58. The SMILES string of the molecule is C[C@H](CCC(=O)N(C)O)C1CC[C@H]2C3[C@H](O)CC4C[C@H](O)CCC4(C)[C@H]3CCC12C. The molecule has 5 unspecified atom stereocenters. The first-order valence-electron chi connectivity index (χ1n) is 12.4. The van der Waals surface area contributed by atoms with Crippen molar-refractivity contribution in [1.29, 1.82) is 0 Å². The zero-order valence-corrected chi connectivity index (χ0v) is 19.4. The molecule has 4 saturated carbocycles. The van der Waals surface area contributed by atoms with Crippen molar-refractivity contribution in [3.8, 4) is 0 Å². The van der Waals surface area contributed by atoms with Gasteiger partial charge in [-0.15, -0.1) is 0 Å². The van der Waals surface area contributed by atoms with Crippen molar-refractivity contribution in [3.63, 3.8) is 0 Å². The summed E-state index contributed by atoms with van der Waals surface area (Å²) in [5, 5.41) is 31.6. The lowest BCUT2D eigenvalue weighted by Gasteiger charge is -2.62. The van der Waals surface area contributed by atoms with Gasteiger partial charge in [-0.05, 0) is 104 Å². The highest BCUT2D eigenvalue weighted by atomic mass is 16.5. The zero-order chi connectivity index (χ0) is 21.8. The van der Waals surface area contributed by atoms with E-state index in [-0.39, 0.29) is 28.9 Å². The Balaban J connectivity index is 1.51. The van der Waals surface area contributed by atoms with Crippen LogP contribution in [0.2, 0.25) is 0 Å². The summed E-state index contributed by atoms with van der Waals surface area (Å²) in [6.07, 6.45) is 9.37. The molecule has 4 aliphatic carbocycles. The van der Waals surface area contributed by atoms with Crippen LogP contribution in [-0.4, -0.2) is 45.6 Å². The van der Waals surface area contributed by atoms with Gasteiger partial charge in [0.15, 0.2) is 0 Å². The third-order valence-corrected chi connectivity index (χ3v) is 10.6. The number of aliphatic hydroxyl groups is 2. The second-order valence-corrected chi connectivity index (χ2v) is 11.9. The Kier molecular flexibility index (Phi) is 6.04. The summed E-state index contributed by atoms with van der Waals surface area (Å²) < 4.78 is 0. The van der Waals surface area contributed by atoms with Gasteiger partial charge in [0.2, 0.25) is 5.91 Å². The number of aliphatic hydroxyl groups excluding tert-OH is 2. The van der Waals surface area contributed by atoms with Crippen molar-refractivity contribution in [2.24, 2.45) is 46.3 Å². The molecule has 172 valence electrons. The molecule has 4 rings (SSSR count). The summed E-state index contributed by atoms with van der Waals surface area (Å²) in [4.78, 5) is 11.9. The number of hydroxylamine groups is 2. The Morgan fingerprint density at radius 2 is 1.70 bits per heavy atom. The molecule has 30 heavy (non-hydrogen) atoms. The topological polar surface area (TPSA) is 81.0 Å². The van der Waals surface area contributed by atoms with Crippen LogP contribution in [0.4, 0.5) is 0 Å². The Bertz CT molecular complexity index is 653. The van der Waals surface area contributed by atoms with Gasteiger partial charge in [0.05, 0.1) is 12.2 Å². The van der Waals surface area contributed by atoms with E-state index in [0.717, 1.165) is 32.1 Å². The van der Waals surface area contributed by atoms with Crippen LogP contribution < -0.4 is 0 Å². The number of carbonyl (C=O) groups is 1. The van der Waals surface area contributed by atoms with Crippen molar-refractivity contribution < 1.29 is 20.2 Å². The molecule has 5 nitrogen and oxygen atoms in total. The zero-order valence-electron chi connectivity index (χ0n) is 19.4.